The smallest absolute Gasteiger partial charge is 0.113 e. The summed E-state index contributed by atoms with van der Waals surface area (Å²) in [7, 11) is 1.95. The molecule has 15 heavy (non-hydrogen) atoms. The van der Waals surface area contributed by atoms with Crippen molar-refractivity contribution >= 4 is 11.0 Å². The summed E-state index contributed by atoms with van der Waals surface area (Å²) in [4.78, 5) is 0. The van der Waals surface area contributed by atoms with E-state index in [1.165, 1.54) is 18.4 Å². The Balaban J connectivity index is 2.05. The van der Waals surface area contributed by atoms with Crippen molar-refractivity contribution in [2.45, 2.75) is 25.4 Å². The fraction of sp³-hybridized carbons (Fsp3) is 0.455. The third-order valence-electron chi connectivity index (χ3n) is 2.81. The van der Waals surface area contributed by atoms with Crippen LogP contribution in [-0.2, 0) is 6.54 Å². The Morgan fingerprint density at radius 3 is 3.07 bits per heavy atom. The predicted octanol–water partition coefficient (Wildman–Crippen LogP) is 1.49. The maximum Gasteiger partial charge on any atom is 0.113 e. The van der Waals surface area contributed by atoms with Gasteiger partial charge in [0.2, 0.25) is 0 Å². The van der Waals surface area contributed by atoms with Crippen LogP contribution in [0.5, 0.6) is 0 Å². The van der Waals surface area contributed by atoms with Gasteiger partial charge in [-0.05, 0) is 37.6 Å². The van der Waals surface area contributed by atoms with E-state index >= 15 is 0 Å². The van der Waals surface area contributed by atoms with Gasteiger partial charge in [-0.1, -0.05) is 11.3 Å². The molecule has 1 saturated carbocycles. The molecule has 1 N–H and O–H groups in total. The van der Waals surface area contributed by atoms with Gasteiger partial charge in [-0.2, -0.15) is 0 Å². The summed E-state index contributed by atoms with van der Waals surface area (Å²) in [6.45, 7) is 0.881. The number of hydrogen-bond acceptors (Lipinski definition) is 3. The lowest BCUT2D eigenvalue weighted by Gasteiger charge is -2.00. The molecule has 0 radical (unpaired) electrons. The van der Waals surface area contributed by atoms with E-state index in [0.717, 1.165) is 17.6 Å². The molecule has 1 fully saturated rings. The molecule has 1 aromatic heterocycles. The average molecular weight is 202 g/mol. The second-order valence-corrected chi connectivity index (χ2v) is 4.12. The fourth-order valence-electron chi connectivity index (χ4n) is 1.89. The summed E-state index contributed by atoms with van der Waals surface area (Å²) in [6, 6.07) is 6.98. The number of rotatable bonds is 3. The zero-order valence-electron chi connectivity index (χ0n) is 8.77. The van der Waals surface area contributed by atoms with Crippen molar-refractivity contribution in [1.29, 1.82) is 0 Å². The number of fused-ring (bicyclic) bond motifs is 1. The second-order valence-electron chi connectivity index (χ2n) is 4.12. The lowest BCUT2D eigenvalue weighted by atomic mass is 10.2. The summed E-state index contributed by atoms with van der Waals surface area (Å²) in [6.07, 6.45) is 2.49. The van der Waals surface area contributed by atoms with Gasteiger partial charge in [0.1, 0.15) is 5.52 Å². The highest BCUT2D eigenvalue weighted by Crippen LogP contribution is 2.36. The zero-order valence-corrected chi connectivity index (χ0v) is 8.77. The monoisotopic (exact) mass is 202 g/mol. The highest BCUT2D eigenvalue weighted by atomic mass is 15.4. The molecule has 1 aliphatic rings. The van der Waals surface area contributed by atoms with Crippen LogP contribution in [0.15, 0.2) is 18.2 Å². The molecule has 1 aliphatic carbocycles. The van der Waals surface area contributed by atoms with Crippen LogP contribution in [0.3, 0.4) is 0 Å². The summed E-state index contributed by atoms with van der Waals surface area (Å²) in [5.74, 6) is 0. The second kappa shape index (κ2) is 3.31. The molecule has 0 amide bonds. The first-order chi connectivity index (χ1) is 7.38. The van der Waals surface area contributed by atoms with Crippen molar-refractivity contribution in [2.75, 3.05) is 7.05 Å². The minimum atomic E-state index is 0.602. The minimum absolute atomic E-state index is 0.602. The van der Waals surface area contributed by atoms with Crippen LogP contribution in [0, 0.1) is 0 Å². The van der Waals surface area contributed by atoms with E-state index in [0.29, 0.717) is 6.04 Å². The largest absolute Gasteiger partial charge is 0.316 e. The topological polar surface area (TPSA) is 42.7 Å². The van der Waals surface area contributed by atoms with Crippen molar-refractivity contribution < 1.29 is 0 Å². The first-order valence-electron chi connectivity index (χ1n) is 5.37. The normalized spacial score (nSPS) is 16.1. The third kappa shape index (κ3) is 1.51. The van der Waals surface area contributed by atoms with Gasteiger partial charge in [0.05, 0.1) is 11.6 Å². The maximum absolute atomic E-state index is 4.21. The Morgan fingerprint density at radius 2 is 2.33 bits per heavy atom. The van der Waals surface area contributed by atoms with Crippen LogP contribution >= 0.6 is 0 Å². The quantitative estimate of drug-likeness (QED) is 0.820. The summed E-state index contributed by atoms with van der Waals surface area (Å²) in [5.41, 5.74) is 3.43. The van der Waals surface area contributed by atoms with Gasteiger partial charge < -0.3 is 5.32 Å². The molecule has 0 aliphatic heterocycles. The predicted molar refractivity (Wildman–Crippen MR) is 58.6 cm³/mol. The molecule has 0 saturated heterocycles. The van der Waals surface area contributed by atoms with Crippen molar-refractivity contribution in [3.63, 3.8) is 0 Å². The number of nitrogens with zero attached hydrogens (tertiary/aromatic N) is 3. The molecule has 4 heteroatoms. The Kier molecular flexibility index (Phi) is 1.95. The van der Waals surface area contributed by atoms with Crippen LogP contribution in [0.25, 0.3) is 11.0 Å². The van der Waals surface area contributed by atoms with E-state index < -0.39 is 0 Å². The van der Waals surface area contributed by atoms with Crippen molar-refractivity contribution in [2.24, 2.45) is 0 Å². The van der Waals surface area contributed by atoms with E-state index in [1.54, 1.807) is 0 Å². The molecule has 4 nitrogen and oxygen atoms in total. The number of aromatic nitrogens is 3. The van der Waals surface area contributed by atoms with Crippen molar-refractivity contribution in [3.05, 3.63) is 23.8 Å². The van der Waals surface area contributed by atoms with Crippen LogP contribution in [0.4, 0.5) is 0 Å². The van der Waals surface area contributed by atoms with Gasteiger partial charge in [-0.15, -0.1) is 5.10 Å². The third-order valence-corrected chi connectivity index (χ3v) is 2.81. The molecular weight excluding hydrogens is 188 g/mol. The standard InChI is InChI=1S/C11H14N4/c1-12-7-8-2-5-11-10(6-8)13-14-15(11)9-3-4-9/h2,5-6,9,12H,3-4,7H2,1H3. The van der Waals surface area contributed by atoms with Gasteiger partial charge >= 0.3 is 0 Å². The van der Waals surface area contributed by atoms with Gasteiger partial charge in [0.25, 0.3) is 0 Å². The van der Waals surface area contributed by atoms with Crippen molar-refractivity contribution in [1.82, 2.24) is 20.3 Å². The first kappa shape index (κ1) is 8.85. The summed E-state index contributed by atoms with van der Waals surface area (Å²) in [5, 5.41) is 11.5. The van der Waals surface area contributed by atoms with E-state index in [9.17, 15) is 0 Å². The Labute approximate surface area is 88.3 Å². The van der Waals surface area contributed by atoms with E-state index in [4.69, 9.17) is 0 Å². The maximum atomic E-state index is 4.21. The van der Waals surface area contributed by atoms with Crippen molar-refractivity contribution in [3.8, 4) is 0 Å². The van der Waals surface area contributed by atoms with Crippen LogP contribution in [0.1, 0.15) is 24.4 Å². The highest BCUT2D eigenvalue weighted by Gasteiger charge is 2.26. The summed E-state index contributed by atoms with van der Waals surface area (Å²) < 4.78 is 2.05. The molecule has 0 unspecified atom stereocenters. The lowest BCUT2D eigenvalue weighted by molar-refractivity contribution is 0.630. The Morgan fingerprint density at radius 1 is 1.47 bits per heavy atom. The fourth-order valence-corrected chi connectivity index (χ4v) is 1.89. The average Bonchev–Trinajstić information content (AvgIpc) is 3.00. The minimum Gasteiger partial charge on any atom is -0.316 e. The van der Waals surface area contributed by atoms with E-state index in [2.05, 4.69) is 38.5 Å². The first-order valence-corrected chi connectivity index (χ1v) is 5.37. The molecule has 2 aromatic rings. The SMILES string of the molecule is CNCc1ccc2c(c1)nnn2C1CC1. The van der Waals surface area contributed by atoms with Crippen LogP contribution < -0.4 is 5.32 Å². The molecule has 0 atom stereocenters. The van der Waals surface area contributed by atoms with Gasteiger partial charge in [0.15, 0.2) is 0 Å². The molecule has 0 spiro atoms. The van der Waals surface area contributed by atoms with Crippen LogP contribution in [0.2, 0.25) is 0 Å². The van der Waals surface area contributed by atoms with Gasteiger partial charge in [0, 0.05) is 6.54 Å². The number of hydrogen-bond donors (Lipinski definition) is 1. The van der Waals surface area contributed by atoms with E-state index in [-0.39, 0.29) is 0 Å². The lowest BCUT2D eigenvalue weighted by Crippen LogP contribution is -2.04. The van der Waals surface area contributed by atoms with E-state index in [1.807, 2.05) is 7.05 Å². The molecular formula is C11H14N4. The van der Waals surface area contributed by atoms with Gasteiger partial charge in [-0.3, -0.25) is 0 Å². The molecule has 78 valence electrons. The summed E-state index contributed by atoms with van der Waals surface area (Å²) >= 11 is 0. The zero-order chi connectivity index (χ0) is 10.3. The highest BCUT2D eigenvalue weighted by molar-refractivity contribution is 5.75. The molecule has 0 bridgehead atoms. The van der Waals surface area contributed by atoms with Gasteiger partial charge in [-0.25, -0.2) is 4.68 Å². The van der Waals surface area contributed by atoms with Crippen LogP contribution in [-0.4, -0.2) is 22.0 Å². The number of benzene rings is 1. The Bertz CT molecular complexity index is 484. The molecule has 3 rings (SSSR count). The molecule has 1 aromatic carbocycles. The molecule has 1 heterocycles. The Hall–Kier alpha value is -1.42. The number of nitrogens with one attached hydrogen (secondary N) is 1.